The van der Waals surface area contributed by atoms with Crippen LogP contribution in [0.15, 0.2) is 18.2 Å². The van der Waals surface area contributed by atoms with Crippen LogP contribution in [-0.4, -0.2) is 11.2 Å². The van der Waals surface area contributed by atoms with Gasteiger partial charge in [0, 0.05) is 10.0 Å². The van der Waals surface area contributed by atoms with E-state index in [1.165, 1.54) is 0 Å². The van der Waals surface area contributed by atoms with Gasteiger partial charge in [-0.3, -0.25) is 0 Å². The minimum Gasteiger partial charge on any atom is -0.393 e. The standard InChI is InChI=1S/C11H14Cl2O/c1-7(8(2)14)5-9-3-4-10(12)6-11(9)13/h3-4,6-8,14H,5H2,1-2H3. The number of rotatable bonds is 3. The third-order valence-corrected chi connectivity index (χ3v) is 2.97. The molecule has 0 aliphatic carbocycles. The second kappa shape index (κ2) is 5.01. The first-order chi connectivity index (χ1) is 6.50. The Balaban J connectivity index is 2.77. The fourth-order valence-corrected chi connectivity index (χ4v) is 1.69. The van der Waals surface area contributed by atoms with Crippen molar-refractivity contribution < 1.29 is 5.11 Å². The SMILES string of the molecule is CC(O)C(C)Cc1ccc(Cl)cc1Cl. The molecule has 14 heavy (non-hydrogen) atoms. The van der Waals surface area contributed by atoms with Gasteiger partial charge in [0.25, 0.3) is 0 Å². The summed E-state index contributed by atoms with van der Waals surface area (Å²) in [5.74, 6) is 0.202. The van der Waals surface area contributed by atoms with Gasteiger partial charge in [-0.05, 0) is 37.0 Å². The van der Waals surface area contributed by atoms with E-state index in [1.807, 2.05) is 19.1 Å². The zero-order chi connectivity index (χ0) is 10.7. The van der Waals surface area contributed by atoms with Gasteiger partial charge in [-0.25, -0.2) is 0 Å². The number of halogens is 2. The van der Waals surface area contributed by atoms with E-state index in [9.17, 15) is 5.11 Å². The summed E-state index contributed by atoms with van der Waals surface area (Å²) in [6.07, 6.45) is 0.454. The number of hydrogen-bond acceptors (Lipinski definition) is 1. The predicted molar refractivity (Wildman–Crippen MR) is 61.0 cm³/mol. The van der Waals surface area contributed by atoms with Crippen LogP contribution in [0.3, 0.4) is 0 Å². The van der Waals surface area contributed by atoms with Gasteiger partial charge in [0.05, 0.1) is 6.10 Å². The highest BCUT2D eigenvalue weighted by atomic mass is 35.5. The quantitative estimate of drug-likeness (QED) is 0.846. The van der Waals surface area contributed by atoms with Crippen LogP contribution in [0.2, 0.25) is 10.0 Å². The summed E-state index contributed by atoms with van der Waals surface area (Å²) < 4.78 is 0. The molecule has 0 saturated carbocycles. The molecule has 3 heteroatoms. The third-order valence-electron chi connectivity index (χ3n) is 2.38. The Labute approximate surface area is 94.7 Å². The van der Waals surface area contributed by atoms with Crippen LogP contribution < -0.4 is 0 Å². The van der Waals surface area contributed by atoms with Gasteiger partial charge < -0.3 is 5.11 Å². The molecule has 0 bridgehead atoms. The molecule has 0 spiro atoms. The molecule has 0 aliphatic heterocycles. The lowest BCUT2D eigenvalue weighted by Gasteiger charge is -2.15. The molecule has 0 fully saturated rings. The van der Waals surface area contributed by atoms with Gasteiger partial charge >= 0.3 is 0 Å². The van der Waals surface area contributed by atoms with Gasteiger partial charge in [-0.15, -0.1) is 0 Å². The van der Waals surface area contributed by atoms with E-state index in [-0.39, 0.29) is 12.0 Å². The highest BCUT2D eigenvalue weighted by Gasteiger charge is 2.11. The van der Waals surface area contributed by atoms with Gasteiger partial charge in [0.15, 0.2) is 0 Å². The lowest BCUT2D eigenvalue weighted by molar-refractivity contribution is 0.135. The van der Waals surface area contributed by atoms with E-state index in [2.05, 4.69) is 0 Å². The minimum atomic E-state index is -0.318. The van der Waals surface area contributed by atoms with Crippen molar-refractivity contribution in [1.82, 2.24) is 0 Å². The summed E-state index contributed by atoms with van der Waals surface area (Å²) in [5, 5.41) is 10.7. The molecule has 1 aromatic carbocycles. The summed E-state index contributed by atoms with van der Waals surface area (Å²) in [6, 6.07) is 5.45. The average molecular weight is 233 g/mol. The zero-order valence-corrected chi connectivity index (χ0v) is 9.81. The van der Waals surface area contributed by atoms with Crippen LogP contribution in [0, 0.1) is 5.92 Å². The molecule has 0 saturated heterocycles. The average Bonchev–Trinajstić information content (AvgIpc) is 2.09. The predicted octanol–water partition coefficient (Wildman–Crippen LogP) is 3.55. The normalized spacial score (nSPS) is 15.2. The van der Waals surface area contributed by atoms with Gasteiger partial charge in [-0.2, -0.15) is 0 Å². The van der Waals surface area contributed by atoms with Gasteiger partial charge in [0.1, 0.15) is 0 Å². The summed E-state index contributed by atoms with van der Waals surface area (Å²) >= 11 is 11.8. The fourth-order valence-electron chi connectivity index (χ4n) is 1.20. The second-order valence-corrected chi connectivity index (χ2v) is 4.50. The molecule has 2 atom stereocenters. The summed E-state index contributed by atoms with van der Waals surface area (Å²) in [6.45, 7) is 3.78. The summed E-state index contributed by atoms with van der Waals surface area (Å²) in [7, 11) is 0. The first kappa shape index (κ1) is 11.8. The van der Waals surface area contributed by atoms with E-state index in [1.54, 1.807) is 13.0 Å². The van der Waals surface area contributed by atoms with Crippen molar-refractivity contribution in [3.05, 3.63) is 33.8 Å². The Morgan fingerprint density at radius 3 is 2.43 bits per heavy atom. The zero-order valence-electron chi connectivity index (χ0n) is 8.30. The van der Waals surface area contributed by atoms with Crippen LogP contribution in [0.1, 0.15) is 19.4 Å². The molecular weight excluding hydrogens is 219 g/mol. The Morgan fingerprint density at radius 2 is 1.93 bits per heavy atom. The number of aliphatic hydroxyl groups excluding tert-OH is 1. The molecule has 0 radical (unpaired) electrons. The monoisotopic (exact) mass is 232 g/mol. The second-order valence-electron chi connectivity index (χ2n) is 3.66. The lowest BCUT2D eigenvalue weighted by atomic mass is 9.97. The van der Waals surface area contributed by atoms with E-state index in [0.717, 1.165) is 12.0 Å². The molecule has 0 amide bonds. The van der Waals surface area contributed by atoms with Crippen molar-refractivity contribution in [1.29, 1.82) is 0 Å². The van der Waals surface area contributed by atoms with Crippen molar-refractivity contribution in [3.8, 4) is 0 Å². The maximum absolute atomic E-state index is 9.36. The molecule has 1 rings (SSSR count). The van der Waals surface area contributed by atoms with Crippen molar-refractivity contribution in [2.75, 3.05) is 0 Å². The van der Waals surface area contributed by atoms with Crippen LogP contribution >= 0.6 is 23.2 Å². The highest BCUT2D eigenvalue weighted by molar-refractivity contribution is 6.35. The topological polar surface area (TPSA) is 20.2 Å². The van der Waals surface area contributed by atoms with E-state index in [0.29, 0.717) is 10.0 Å². The Kier molecular flexibility index (Phi) is 4.24. The van der Waals surface area contributed by atoms with E-state index < -0.39 is 0 Å². The maximum atomic E-state index is 9.36. The molecule has 0 heterocycles. The van der Waals surface area contributed by atoms with Crippen molar-refractivity contribution in [2.24, 2.45) is 5.92 Å². The minimum absolute atomic E-state index is 0.202. The van der Waals surface area contributed by atoms with Crippen LogP contribution in [0.5, 0.6) is 0 Å². The molecule has 78 valence electrons. The third kappa shape index (κ3) is 3.16. The molecule has 1 nitrogen and oxygen atoms in total. The first-order valence-electron chi connectivity index (χ1n) is 4.62. The molecule has 1 N–H and O–H groups in total. The first-order valence-corrected chi connectivity index (χ1v) is 5.38. The van der Waals surface area contributed by atoms with Crippen molar-refractivity contribution >= 4 is 23.2 Å². The number of aliphatic hydroxyl groups is 1. The van der Waals surface area contributed by atoms with E-state index >= 15 is 0 Å². The molecule has 0 aliphatic rings. The van der Waals surface area contributed by atoms with Crippen LogP contribution in [0.25, 0.3) is 0 Å². The molecular formula is C11H14Cl2O. The maximum Gasteiger partial charge on any atom is 0.0540 e. The Hall–Kier alpha value is -0.240. The highest BCUT2D eigenvalue weighted by Crippen LogP contribution is 2.24. The number of benzene rings is 1. The molecule has 0 aromatic heterocycles. The summed E-state index contributed by atoms with van der Waals surface area (Å²) in [5.41, 5.74) is 1.03. The lowest BCUT2D eigenvalue weighted by Crippen LogP contribution is -2.15. The van der Waals surface area contributed by atoms with Gasteiger partial charge in [-0.1, -0.05) is 36.2 Å². The summed E-state index contributed by atoms with van der Waals surface area (Å²) in [4.78, 5) is 0. The largest absolute Gasteiger partial charge is 0.393 e. The molecule has 2 unspecified atom stereocenters. The smallest absolute Gasteiger partial charge is 0.0540 e. The Morgan fingerprint density at radius 1 is 1.29 bits per heavy atom. The van der Waals surface area contributed by atoms with Crippen molar-refractivity contribution in [3.63, 3.8) is 0 Å². The molecule has 1 aromatic rings. The Bertz CT molecular complexity index is 310. The van der Waals surface area contributed by atoms with Gasteiger partial charge in [0.2, 0.25) is 0 Å². The van der Waals surface area contributed by atoms with Crippen molar-refractivity contribution in [2.45, 2.75) is 26.4 Å². The van der Waals surface area contributed by atoms with E-state index in [4.69, 9.17) is 23.2 Å². The number of hydrogen-bond donors (Lipinski definition) is 1. The van der Waals surface area contributed by atoms with Crippen LogP contribution in [0.4, 0.5) is 0 Å². The van der Waals surface area contributed by atoms with Crippen LogP contribution in [-0.2, 0) is 6.42 Å². The fraction of sp³-hybridized carbons (Fsp3) is 0.455.